The van der Waals surface area contributed by atoms with Gasteiger partial charge in [-0.1, -0.05) is 24.3 Å². The maximum Gasteiger partial charge on any atom is 0.272 e. The van der Waals surface area contributed by atoms with E-state index in [1.165, 1.54) is 18.2 Å². The number of hydrogen-bond donors (Lipinski definition) is 1. The van der Waals surface area contributed by atoms with Crippen LogP contribution in [0.3, 0.4) is 0 Å². The first-order valence-corrected chi connectivity index (χ1v) is 8.62. The monoisotopic (exact) mass is 372 g/mol. The number of nitro groups is 1. The molecule has 0 atom stereocenters. The summed E-state index contributed by atoms with van der Waals surface area (Å²) in [7, 11) is 0. The van der Waals surface area contributed by atoms with Crippen molar-refractivity contribution in [3.63, 3.8) is 0 Å². The molecule has 1 N–H and O–H groups in total. The summed E-state index contributed by atoms with van der Waals surface area (Å²) < 4.78 is 1.91. The zero-order chi connectivity index (χ0) is 19.7. The molecule has 2 heterocycles. The smallest absolute Gasteiger partial charge is 0.272 e. The van der Waals surface area contributed by atoms with Gasteiger partial charge in [-0.2, -0.15) is 0 Å². The molecule has 0 unspecified atom stereocenters. The van der Waals surface area contributed by atoms with Gasteiger partial charge in [0.05, 0.1) is 16.3 Å². The number of amides is 1. The number of nitrogens with zero attached hydrogens (tertiary/aromatic N) is 3. The van der Waals surface area contributed by atoms with Crippen LogP contribution in [0.4, 0.5) is 11.4 Å². The number of pyridine rings is 1. The number of nitrogens with one attached hydrogen (secondary N) is 1. The molecule has 0 saturated heterocycles. The van der Waals surface area contributed by atoms with Crippen LogP contribution in [-0.2, 0) is 0 Å². The van der Waals surface area contributed by atoms with E-state index in [1.54, 1.807) is 13.0 Å². The van der Waals surface area contributed by atoms with Crippen LogP contribution >= 0.6 is 0 Å². The van der Waals surface area contributed by atoms with Crippen molar-refractivity contribution in [2.24, 2.45) is 0 Å². The molecule has 0 aliphatic rings. The van der Waals surface area contributed by atoms with Gasteiger partial charge in [-0.25, -0.2) is 4.98 Å². The number of aryl methyl sites for hydroxylation is 1. The fourth-order valence-electron chi connectivity index (χ4n) is 3.08. The number of imidazole rings is 1. The summed E-state index contributed by atoms with van der Waals surface area (Å²) in [4.78, 5) is 27.8. The number of fused-ring (bicyclic) bond motifs is 1. The Morgan fingerprint density at radius 1 is 1.11 bits per heavy atom. The van der Waals surface area contributed by atoms with E-state index in [2.05, 4.69) is 10.3 Å². The molecule has 0 saturated carbocycles. The van der Waals surface area contributed by atoms with Gasteiger partial charge in [-0.3, -0.25) is 14.9 Å². The van der Waals surface area contributed by atoms with Crippen molar-refractivity contribution in [3.05, 3.63) is 94.3 Å². The van der Waals surface area contributed by atoms with E-state index in [4.69, 9.17) is 0 Å². The van der Waals surface area contributed by atoms with Gasteiger partial charge in [0.15, 0.2) is 0 Å². The molecule has 7 heteroatoms. The SMILES string of the molecule is Cc1cc(C(=O)Nc2ccccc2-c2cn3ccccc3n2)ccc1[N+](=O)[O-]. The summed E-state index contributed by atoms with van der Waals surface area (Å²) in [5.74, 6) is -0.339. The first kappa shape index (κ1) is 17.4. The van der Waals surface area contributed by atoms with Crippen molar-refractivity contribution in [1.29, 1.82) is 0 Å². The summed E-state index contributed by atoms with van der Waals surface area (Å²) in [6, 6.07) is 17.5. The van der Waals surface area contributed by atoms with Crippen LogP contribution < -0.4 is 5.32 Å². The molecule has 0 radical (unpaired) electrons. The van der Waals surface area contributed by atoms with Crippen LogP contribution in [0.5, 0.6) is 0 Å². The maximum absolute atomic E-state index is 12.7. The fourth-order valence-corrected chi connectivity index (χ4v) is 3.08. The van der Waals surface area contributed by atoms with E-state index >= 15 is 0 Å². The first-order valence-electron chi connectivity index (χ1n) is 8.62. The summed E-state index contributed by atoms with van der Waals surface area (Å²) in [5, 5.41) is 13.9. The molecule has 0 bridgehead atoms. The highest BCUT2D eigenvalue weighted by atomic mass is 16.6. The third kappa shape index (κ3) is 3.21. The minimum atomic E-state index is -0.463. The number of carbonyl (C=O) groups is 1. The number of hydrogen-bond acceptors (Lipinski definition) is 4. The van der Waals surface area contributed by atoms with Crippen molar-refractivity contribution in [2.45, 2.75) is 6.92 Å². The van der Waals surface area contributed by atoms with E-state index in [9.17, 15) is 14.9 Å². The molecule has 4 rings (SSSR count). The van der Waals surface area contributed by atoms with E-state index < -0.39 is 4.92 Å². The molecular formula is C21H16N4O3. The number of nitro benzene ring substituents is 1. The Hall–Kier alpha value is -4.00. The summed E-state index contributed by atoms with van der Waals surface area (Å²) in [6.45, 7) is 1.61. The second-order valence-electron chi connectivity index (χ2n) is 6.35. The Morgan fingerprint density at radius 2 is 1.89 bits per heavy atom. The topological polar surface area (TPSA) is 89.5 Å². The minimum Gasteiger partial charge on any atom is -0.321 e. The Bertz CT molecular complexity index is 1180. The van der Waals surface area contributed by atoms with Crippen molar-refractivity contribution in [2.75, 3.05) is 5.32 Å². The van der Waals surface area contributed by atoms with Crippen molar-refractivity contribution < 1.29 is 9.72 Å². The van der Waals surface area contributed by atoms with E-state index in [-0.39, 0.29) is 11.6 Å². The number of carbonyl (C=O) groups excluding carboxylic acids is 1. The lowest BCUT2D eigenvalue weighted by Crippen LogP contribution is -2.13. The summed E-state index contributed by atoms with van der Waals surface area (Å²) in [5.41, 5.74) is 3.73. The number of benzene rings is 2. The van der Waals surface area contributed by atoms with E-state index in [0.29, 0.717) is 16.8 Å². The highest BCUT2D eigenvalue weighted by molar-refractivity contribution is 6.06. The summed E-state index contributed by atoms with van der Waals surface area (Å²) >= 11 is 0. The number of rotatable bonds is 4. The summed E-state index contributed by atoms with van der Waals surface area (Å²) in [6.07, 6.45) is 3.81. The zero-order valence-corrected chi connectivity index (χ0v) is 15.0. The highest BCUT2D eigenvalue weighted by Gasteiger charge is 2.16. The third-order valence-electron chi connectivity index (χ3n) is 4.47. The van der Waals surface area contributed by atoms with Gasteiger partial charge >= 0.3 is 0 Å². The average molecular weight is 372 g/mol. The lowest BCUT2D eigenvalue weighted by Gasteiger charge is -2.10. The van der Waals surface area contributed by atoms with Gasteiger partial charge in [-0.15, -0.1) is 0 Å². The Labute approximate surface area is 160 Å². The normalized spacial score (nSPS) is 10.8. The molecule has 138 valence electrons. The lowest BCUT2D eigenvalue weighted by molar-refractivity contribution is -0.385. The Balaban J connectivity index is 1.66. The van der Waals surface area contributed by atoms with Crippen LogP contribution in [-0.4, -0.2) is 20.2 Å². The van der Waals surface area contributed by atoms with Gasteiger partial charge in [-0.05, 0) is 37.3 Å². The lowest BCUT2D eigenvalue weighted by atomic mass is 10.1. The number of para-hydroxylation sites is 1. The average Bonchev–Trinajstić information content (AvgIpc) is 3.12. The van der Waals surface area contributed by atoms with Gasteiger partial charge in [0.25, 0.3) is 11.6 Å². The minimum absolute atomic E-state index is 0.0124. The standard InChI is InChI=1S/C21H16N4O3/c1-14-12-15(9-10-19(14)25(27)28)21(26)23-17-7-3-2-6-16(17)18-13-24-11-5-4-8-20(24)22-18/h2-13H,1H3,(H,23,26). The molecule has 0 spiro atoms. The largest absolute Gasteiger partial charge is 0.321 e. The fraction of sp³-hybridized carbons (Fsp3) is 0.0476. The second-order valence-corrected chi connectivity index (χ2v) is 6.35. The van der Waals surface area contributed by atoms with Crippen molar-refractivity contribution >= 4 is 22.9 Å². The van der Waals surface area contributed by atoms with Crippen LogP contribution in [0, 0.1) is 17.0 Å². The Kier molecular flexibility index (Phi) is 4.33. The molecule has 1 amide bonds. The zero-order valence-electron chi connectivity index (χ0n) is 15.0. The van der Waals surface area contributed by atoms with Crippen molar-refractivity contribution in [3.8, 4) is 11.3 Å². The van der Waals surface area contributed by atoms with E-state index in [1.807, 2.05) is 53.2 Å². The van der Waals surface area contributed by atoms with Crippen LogP contribution in [0.15, 0.2) is 73.1 Å². The number of anilines is 1. The molecule has 2 aromatic heterocycles. The molecule has 7 nitrogen and oxygen atoms in total. The molecule has 0 aliphatic carbocycles. The second kappa shape index (κ2) is 6.96. The maximum atomic E-state index is 12.7. The Morgan fingerprint density at radius 3 is 2.64 bits per heavy atom. The van der Waals surface area contributed by atoms with Crippen LogP contribution in [0.25, 0.3) is 16.9 Å². The number of aromatic nitrogens is 2. The van der Waals surface area contributed by atoms with Gasteiger partial charge in [0.1, 0.15) is 5.65 Å². The predicted octanol–water partition coefficient (Wildman–Crippen LogP) is 4.47. The van der Waals surface area contributed by atoms with Crippen molar-refractivity contribution in [1.82, 2.24) is 9.38 Å². The molecular weight excluding hydrogens is 356 g/mol. The molecule has 28 heavy (non-hydrogen) atoms. The van der Waals surface area contributed by atoms with Gasteiger partial charge in [0, 0.05) is 35.2 Å². The van der Waals surface area contributed by atoms with E-state index in [0.717, 1.165) is 16.9 Å². The highest BCUT2D eigenvalue weighted by Crippen LogP contribution is 2.28. The quantitative estimate of drug-likeness (QED) is 0.423. The van der Waals surface area contributed by atoms with Gasteiger partial charge < -0.3 is 9.72 Å². The molecule has 4 aromatic rings. The molecule has 0 aliphatic heterocycles. The van der Waals surface area contributed by atoms with Gasteiger partial charge in [0.2, 0.25) is 0 Å². The first-order chi connectivity index (χ1) is 13.5. The third-order valence-corrected chi connectivity index (χ3v) is 4.47. The van der Waals surface area contributed by atoms with Crippen LogP contribution in [0.1, 0.15) is 15.9 Å². The van der Waals surface area contributed by atoms with Crippen LogP contribution in [0.2, 0.25) is 0 Å². The molecule has 2 aromatic carbocycles. The molecule has 0 fully saturated rings. The predicted molar refractivity (Wildman–Crippen MR) is 106 cm³/mol.